The maximum Gasteiger partial charge on any atom is 0.326 e. The molecule has 0 saturated carbocycles. The number of thioether (sulfide) groups is 1. The van der Waals surface area contributed by atoms with Crippen molar-refractivity contribution in [2.45, 2.75) is 32.4 Å². The lowest BCUT2D eigenvalue weighted by Crippen LogP contribution is -2.40. The minimum absolute atomic E-state index is 0.0854. The first kappa shape index (κ1) is 14.7. The van der Waals surface area contributed by atoms with Crippen molar-refractivity contribution in [3.8, 4) is 0 Å². The van der Waals surface area contributed by atoms with E-state index in [1.54, 1.807) is 9.47 Å². The molecule has 0 aromatic carbocycles. The normalized spacial score (nSPS) is 15.5. The highest BCUT2D eigenvalue weighted by atomic mass is 32.2. The maximum atomic E-state index is 11.4. The van der Waals surface area contributed by atoms with Gasteiger partial charge in [0.15, 0.2) is 5.41 Å². The molecular weight excluding hydrogens is 235 g/mol. The lowest BCUT2D eigenvalue weighted by atomic mass is 9.94. The van der Waals surface area contributed by atoms with E-state index in [9.17, 15) is 9.59 Å². The fourth-order valence-electron chi connectivity index (χ4n) is 0.699. The van der Waals surface area contributed by atoms with Gasteiger partial charge in [0, 0.05) is 10.5 Å². The third kappa shape index (κ3) is 4.39. The van der Waals surface area contributed by atoms with E-state index in [1.807, 2.05) is 20.8 Å². The van der Waals surface area contributed by atoms with Gasteiger partial charge in [0.05, 0.1) is 9.47 Å². The zero-order valence-electron chi connectivity index (χ0n) is 9.36. The van der Waals surface area contributed by atoms with Crippen LogP contribution in [0.25, 0.3) is 0 Å². The molecule has 4 nitrogen and oxygen atoms in total. The van der Waals surface area contributed by atoms with Crippen LogP contribution in [0.2, 0.25) is 0 Å². The lowest BCUT2D eigenvalue weighted by molar-refractivity contribution is -0.159. The van der Waals surface area contributed by atoms with Crippen LogP contribution >= 0.6 is 21.2 Å². The molecule has 0 radical (unpaired) electrons. The van der Waals surface area contributed by atoms with Gasteiger partial charge in [-0.05, 0) is 6.92 Å². The third-order valence-corrected chi connectivity index (χ3v) is 3.63. The van der Waals surface area contributed by atoms with Gasteiger partial charge in [-0.2, -0.15) is 11.8 Å². The van der Waals surface area contributed by atoms with Gasteiger partial charge < -0.3 is 9.63 Å². The molecule has 0 rings (SSSR count). The van der Waals surface area contributed by atoms with Gasteiger partial charge in [0.2, 0.25) is 0 Å². The summed E-state index contributed by atoms with van der Waals surface area (Å²) in [6.45, 7) is 7.27. The van der Waals surface area contributed by atoms with Crippen molar-refractivity contribution in [3.05, 3.63) is 0 Å². The zero-order chi connectivity index (χ0) is 12.3. The molecule has 0 amide bonds. The largest absolute Gasteiger partial charge is 0.480 e. The molecule has 0 aliphatic carbocycles. The second-order valence-electron chi connectivity index (χ2n) is 4.44. The van der Waals surface area contributed by atoms with Crippen molar-refractivity contribution < 1.29 is 19.2 Å². The number of carbonyl (C=O) groups excluding carboxylic acids is 1. The van der Waals surface area contributed by atoms with E-state index in [4.69, 9.17) is 5.11 Å². The molecule has 0 aliphatic heterocycles. The number of aliphatic carboxylic acids is 1. The summed E-state index contributed by atoms with van der Waals surface area (Å²) in [4.78, 5) is 22.4. The zero-order valence-corrected chi connectivity index (χ0v) is 11.3. The first-order valence-corrected chi connectivity index (χ1v) is 5.88. The summed E-state index contributed by atoms with van der Waals surface area (Å²) < 4.78 is 4.34. The monoisotopic (exact) mass is 252 g/mol. The van der Waals surface area contributed by atoms with Crippen molar-refractivity contribution in [3.63, 3.8) is 0 Å². The molecule has 88 valence electrons. The summed E-state index contributed by atoms with van der Waals surface area (Å²) in [5.41, 5.74) is -1.49. The number of rotatable bonds is 4. The molecule has 0 saturated heterocycles. The van der Waals surface area contributed by atoms with Gasteiger partial charge in [0.1, 0.15) is 0 Å². The topological polar surface area (TPSA) is 63.6 Å². The molecule has 15 heavy (non-hydrogen) atoms. The Morgan fingerprint density at radius 1 is 1.33 bits per heavy atom. The van der Waals surface area contributed by atoms with Gasteiger partial charge in [-0.15, -0.1) is 0 Å². The summed E-state index contributed by atoms with van der Waals surface area (Å²) in [5, 5.41) is 9.01. The van der Waals surface area contributed by atoms with Crippen LogP contribution in [-0.2, 0) is 14.1 Å². The average Bonchev–Trinajstić information content (AvgIpc) is 2.11. The molecule has 0 aromatic rings. The minimum atomic E-state index is -1.49. The van der Waals surface area contributed by atoms with Crippen LogP contribution < -0.4 is 0 Å². The van der Waals surface area contributed by atoms with E-state index in [0.29, 0.717) is 0 Å². The van der Waals surface area contributed by atoms with Crippen LogP contribution in [0.4, 0.5) is 0 Å². The predicted molar refractivity (Wildman–Crippen MR) is 63.8 cm³/mol. The van der Waals surface area contributed by atoms with E-state index in [0.717, 1.165) is 0 Å². The fourth-order valence-corrected chi connectivity index (χ4v) is 1.92. The second-order valence-corrected chi connectivity index (χ2v) is 6.48. The van der Waals surface area contributed by atoms with Crippen molar-refractivity contribution in [2.75, 3.05) is 5.75 Å². The molecule has 0 bridgehead atoms. The summed E-state index contributed by atoms with van der Waals surface area (Å²) in [7, 11) is 1.79. The van der Waals surface area contributed by atoms with Crippen LogP contribution in [0.1, 0.15) is 27.7 Å². The van der Waals surface area contributed by atoms with Gasteiger partial charge >= 0.3 is 11.9 Å². The number of carboxylic acids is 1. The second kappa shape index (κ2) is 5.17. The van der Waals surface area contributed by atoms with Crippen molar-refractivity contribution >= 4 is 33.2 Å². The summed E-state index contributed by atoms with van der Waals surface area (Å²) in [6, 6.07) is 0. The Hall–Kier alpha value is -0.280. The smallest absolute Gasteiger partial charge is 0.326 e. The summed E-state index contributed by atoms with van der Waals surface area (Å²) in [5.74, 6) is -1.71. The number of carbonyl (C=O) groups is 2. The number of hydrogen-bond acceptors (Lipinski definition) is 4. The van der Waals surface area contributed by atoms with E-state index < -0.39 is 17.4 Å². The van der Waals surface area contributed by atoms with Gasteiger partial charge in [0.25, 0.3) is 0 Å². The van der Waals surface area contributed by atoms with Gasteiger partial charge in [-0.25, -0.2) is 0 Å². The molecule has 0 aliphatic rings. The molecule has 2 atom stereocenters. The van der Waals surface area contributed by atoms with Crippen LogP contribution in [0, 0.1) is 5.41 Å². The van der Waals surface area contributed by atoms with E-state index in [-0.39, 0.29) is 10.5 Å². The minimum Gasteiger partial charge on any atom is -0.480 e. The SMILES string of the molecule is CC(C)(C)SCC(C)(C(=O)O)C(=O)OP. The molecule has 6 heteroatoms. The third-order valence-electron chi connectivity index (χ3n) is 1.82. The van der Waals surface area contributed by atoms with Crippen LogP contribution in [-0.4, -0.2) is 27.5 Å². The molecule has 0 fully saturated rings. The van der Waals surface area contributed by atoms with Crippen LogP contribution in [0.15, 0.2) is 0 Å². The highest BCUT2D eigenvalue weighted by Gasteiger charge is 2.43. The van der Waals surface area contributed by atoms with Crippen molar-refractivity contribution in [1.82, 2.24) is 0 Å². The maximum absolute atomic E-state index is 11.4. The van der Waals surface area contributed by atoms with Crippen molar-refractivity contribution in [2.24, 2.45) is 5.41 Å². The van der Waals surface area contributed by atoms with E-state index in [1.165, 1.54) is 18.7 Å². The fraction of sp³-hybridized carbons (Fsp3) is 0.778. The number of hydrogen-bond donors (Lipinski definition) is 1. The molecule has 2 unspecified atom stereocenters. The molecule has 0 heterocycles. The first-order chi connectivity index (χ1) is 6.63. The Morgan fingerprint density at radius 3 is 2.07 bits per heavy atom. The summed E-state index contributed by atoms with van der Waals surface area (Å²) in [6.07, 6.45) is 0. The van der Waals surface area contributed by atoms with E-state index in [2.05, 4.69) is 4.52 Å². The van der Waals surface area contributed by atoms with E-state index >= 15 is 0 Å². The predicted octanol–water partition coefficient (Wildman–Crippen LogP) is 1.94. The standard InChI is InChI=1S/C9H17O4PS/c1-8(2,3)15-5-9(4,6(10)11)7(12)13-14/h5,14H2,1-4H3,(H,10,11). The molecule has 0 aromatic heterocycles. The molecule has 0 spiro atoms. The quantitative estimate of drug-likeness (QED) is 0.612. The van der Waals surface area contributed by atoms with Crippen molar-refractivity contribution in [1.29, 1.82) is 0 Å². The first-order valence-electron chi connectivity index (χ1n) is 4.42. The Balaban J connectivity index is 4.68. The Labute approximate surface area is 96.4 Å². The molecular formula is C9H17O4PS. The van der Waals surface area contributed by atoms with Gasteiger partial charge in [-0.1, -0.05) is 20.8 Å². The Morgan fingerprint density at radius 2 is 1.80 bits per heavy atom. The lowest BCUT2D eigenvalue weighted by Gasteiger charge is -2.25. The highest BCUT2D eigenvalue weighted by molar-refractivity contribution is 8.00. The molecule has 1 N–H and O–H groups in total. The highest BCUT2D eigenvalue weighted by Crippen LogP contribution is 2.32. The Bertz CT molecular complexity index is 261. The van der Waals surface area contributed by atoms with Crippen LogP contribution in [0.5, 0.6) is 0 Å². The Kier molecular flexibility index (Phi) is 5.07. The van der Waals surface area contributed by atoms with Gasteiger partial charge in [-0.3, -0.25) is 9.59 Å². The average molecular weight is 252 g/mol. The number of carboxylic acid groups (broad SMARTS) is 1. The van der Waals surface area contributed by atoms with Crippen LogP contribution in [0.3, 0.4) is 0 Å². The summed E-state index contributed by atoms with van der Waals surface area (Å²) >= 11 is 1.42.